The van der Waals surface area contributed by atoms with Crippen molar-refractivity contribution in [3.63, 3.8) is 0 Å². The number of halogens is 1. The Morgan fingerprint density at radius 2 is 1.59 bits per heavy atom. The van der Waals surface area contributed by atoms with Gasteiger partial charge in [-0.15, -0.1) is 0 Å². The van der Waals surface area contributed by atoms with Crippen molar-refractivity contribution in [3.8, 4) is 0 Å². The topological polar surface area (TPSA) is 12.0 Å². The largest absolute Gasteiger partial charge is 0.386 e. The lowest BCUT2D eigenvalue weighted by Gasteiger charge is -2.21. The van der Waals surface area contributed by atoms with Gasteiger partial charge in [0.1, 0.15) is 13.1 Å². The van der Waals surface area contributed by atoms with Gasteiger partial charge in [0.05, 0.1) is 0 Å². The van der Waals surface area contributed by atoms with E-state index in [1.807, 2.05) is 12.1 Å². The van der Waals surface area contributed by atoms with Crippen LogP contribution >= 0.6 is 0 Å². The van der Waals surface area contributed by atoms with E-state index in [4.69, 9.17) is 0 Å². The Balaban J connectivity index is 1.64. The molecule has 1 atom stereocenters. The van der Waals surface area contributed by atoms with Gasteiger partial charge in [-0.25, -0.2) is 4.39 Å². The summed E-state index contributed by atoms with van der Waals surface area (Å²) in [5.41, 5.74) is 4.99. The van der Waals surface area contributed by atoms with Crippen LogP contribution in [-0.4, -0.2) is 13.3 Å². The lowest BCUT2D eigenvalue weighted by atomic mass is 9.73. The molecule has 0 aliphatic rings. The summed E-state index contributed by atoms with van der Waals surface area (Å²) in [7, 11) is 2.14. The van der Waals surface area contributed by atoms with Crippen LogP contribution in [0.3, 0.4) is 0 Å². The molecule has 0 aliphatic heterocycles. The standard InChI is InChI=1S/C26H36BFN/c1-4-8-26(29-21(2)11-12-23-15-19-25(28)20-16-23)10-7-5-6-9-22-13-17-24(27-3)18-14-22/h13-20,26,29H,2,4-12H2,1,3H3. The molecule has 0 amide bonds. The molecule has 1 nitrogen and oxygen atoms in total. The summed E-state index contributed by atoms with van der Waals surface area (Å²) in [4.78, 5) is 0. The Morgan fingerprint density at radius 1 is 0.931 bits per heavy atom. The van der Waals surface area contributed by atoms with Crippen molar-refractivity contribution < 1.29 is 4.39 Å². The van der Waals surface area contributed by atoms with E-state index >= 15 is 0 Å². The summed E-state index contributed by atoms with van der Waals surface area (Å²) in [5.74, 6) is -0.176. The molecule has 2 aromatic carbocycles. The monoisotopic (exact) mass is 392 g/mol. The summed E-state index contributed by atoms with van der Waals surface area (Å²) in [5, 5.41) is 3.65. The Bertz CT molecular complexity index is 708. The highest BCUT2D eigenvalue weighted by molar-refractivity contribution is 6.51. The fraction of sp³-hybridized carbons (Fsp3) is 0.462. The van der Waals surface area contributed by atoms with Crippen LogP contribution < -0.4 is 10.8 Å². The summed E-state index contributed by atoms with van der Waals surface area (Å²) < 4.78 is 13.0. The highest BCUT2D eigenvalue weighted by atomic mass is 19.1. The van der Waals surface area contributed by atoms with Gasteiger partial charge in [-0.05, 0) is 61.8 Å². The van der Waals surface area contributed by atoms with Gasteiger partial charge < -0.3 is 5.32 Å². The number of aryl methyl sites for hydroxylation is 2. The number of hydrogen-bond acceptors (Lipinski definition) is 1. The van der Waals surface area contributed by atoms with Crippen LogP contribution in [0.1, 0.15) is 63.0 Å². The van der Waals surface area contributed by atoms with Gasteiger partial charge >= 0.3 is 0 Å². The lowest BCUT2D eigenvalue weighted by molar-refractivity contribution is 0.455. The van der Waals surface area contributed by atoms with Crippen LogP contribution in [0.5, 0.6) is 0 Å². The van der Waals surface area contributed by atoms with E-state index in [1.54, 1.807) is 0 Å². The molecular weight excluding hydrogens is 356 g/mol. The number of rotatable bonds is 14. The smallest absolute Gasteiger partial charge is 0.148 e. The molecular formula is C26H36BFN. The summed E-state index contributed by atoms with van der Waals surface area (Å²) in [6, 6.07) is 16.2. The first-order valence-electron chi connectivity index (χ1n) is 11.2. The highest BCUT2D eigenvalue weighted by Gasteiger charge is 2.08. The molecule has 1 N–H and O–H groups in total. The zero-order valence-corrected chi connectivity index (χ0v) is 18.2. The first-order chi connectivity index (χ1) is 14.1. The van der Waals surface area contributed by atoms with Gasteiger partial charge in [0, 0.05) is 11.7 Å². The average molecular weight is 392 g/mol. The molecule has 0 bridgehead atoms. The summed E-state index contributed by atoms with van der Waals surface area (Å²) in [6.07, 6.45) is 10.3. The van der Waals surface area contributed by atoms with Crippen LogP contribution in [0, 0.1) is 5.82 Å². The van der Waals surface area contributed by atoms with Crippen LogP contribution in [0.4, 0.5) is 4.39 Å². The fourth-order valence-electron chi connectivity index (χ4n) is 3.72. The summed E-state index contributed by atoms with van der Waals surface area (Å²) >= 11 is 0. The lowest BCUT2D eigenvalue weighted by Crippen LogP contribution is -2.28. The van der Waals surface area contributed by atoms with Crippen molar-refractivity contribution >= 4 is 12.7 Å². The van der Waals surface area contributed by atoms with Gasteiger partial charge in [0.2, 0.25) is 0 Å². The third-order valence-electron chi connectivity index (χ3n) is 5.51. The number of benzene rings is 2. The quantitative estimate of drug-likeness (QED) is 0.298. The van der Waals surface area contributed by atoms with Crippen LogP contribution in [-0.2, 0) is 12.8 Å². The van der Waals surface area contributed by atoms with E-state index in [2.05, 4.69) is 57.2 Å². The Hall–Kier alpha value is -2.03. The van der Waals surface area contributed by atoms with Gasteiger partial charge in [-0.3, -0.25) is 0 Å². The molecule has 0 aliphatic carbocycles. The average Bonchev–Trinajstić information content (AvgIpc) is 2.73. The molecule has 0 saturated heterocycles. The van der Waals surface area contributed by atoms with Gasteiger partial charge in [0.25, 0.3) is 0 Å². The van der Waals surface area contributed by atoms with Gasteiger partial charge in [0.15, 0.2) is 0 Å². The summed E-state index contributed by atoms with van der Waals surface area (Å²) in [6.45, 7) is 8.54. The van der Waals surface area contributed by atoms with Crippen LogP contribution in [0.2, 0.25) is 6.82 Å². The molecule has 2 aromatic rings. The third-order valence-corrected chi connectivity index (χ3v) is 5.51. The molecule has 0 spiro atoms. The molecule has 3 heteroatoms. The first kappa shape index (κ1) is 23.3. The van der Waals surface area contributed by atoms with Gasteiger partial charge in [-0.2, -0.15) is 0 Å². The van der Waals surface area contributed by atoms with E-state index < -0.39 is 0 Å². The normalized spacial score (nSPS) is 11.8. The van der Waals surface area contributed by atoms with E-state index in [1.165, 1.54) is 68.1 Å². The van der Waals surface area contributed by atoms with Crippen molar-refractivity contribution in [1.29, 1.82) is 0 Å². The predicted molar refractivity (Wildman–Crippen MR) is 126 cm³/mol. The predicted octanol–water partition coefficient (Wildman–Crippen LogP) is 6.21. The first-order valence-corrected chi connectivity index (χ1v) is 11.2. The molecule has 1 radical (unpaired) electrons. The second-order valence-corrected chi connectivity index (χ2v) is 7.99. The Labute approximate surface area is 178 Å². The van der Waals surface area contributed by atoms with Gasteiger partial charge in [-0.1, -0.05) is 81.4 Å². The zero-order chi connectivity index (χ0) is 20.9. The minimum Gasteiger partial charge on any atom is -0.386 e. The minimum absolute atomic E-state index is 0.176. The number of nitrogens with one attached hydrogen (secondary N) is 1. The van der Waals surface area contributed by atoms with Crippen molar-refractivity contribution in [2.75, 3.05) is 0 Å². The van der Waals surface area contributed by atoms with Crippen LogP contribution in [0.25, 0.3) is 0 Å². The molecule has 1 unspecified atom stereocenters. The second-order valence-electron chi connectivity index (χ2n) is 7.99. The molecule has 0 fully saturated rings. The van der Waals surface area contributed by atoms with Crippen molar-refractivity contribution in [2.45, 2.75) is 77.6 Å². The molecule has 29 heavy (non-hydrogen) atoms. The SMILES string of the molecule is C=C(CCc1ccc(F)cc1)NC(CCC)CCCCCc1ccc([B]C)cc1. The number of allylic oxidation sites excluding steroid dienone is 1. The van der Waals surface area contributed by atoms with E-state index in [9.17, 15) is 4.39 Å². The third kappa shape index (κ3) is 9.34. The molecule has 0 heterocycles. The highest BCUT2D eigenvalue weighted by Crippen LogP contribution is 2.14. The maximum atomic E-state index is 13.0. The Kier molecular flexibility index (Phi) is 10.6. The maximum absolute atomic E-state index is 13.0. The molecule has 2 rings (SSSR count). The van der Waals surface area contributed by atoms with E-state index in [0.29, 0.717) is 6.04 Å². The Morgan fingerprint density at radius 3 is 2.24 bits per heavy atom. The van der Waals surface area contributed by atoms with E-state index in [-0.39, 0.29) is 5.82 Å². The van der Waals surface area contributed by atoms with Crippen molar-refractivity contribution in [3.05, 3.63) is 77.8 Å². The number of hydrogen-bond donors (Lipinski definition) is 1. The molecule has 0 aromatic heterocycles. The van der Waals surface area contributed by atoms with Crippen molar-refractivity contribution in [2.24, 2.45) is 0 Å². The second kappa shape index (κ2) is 13.2. The van der Waals surface area contributed by atoms with Crippen molar-refractivity contribution in [1.82, 2.24) is 5.32 Å². The zero-order valence-electron chi connectivity index (χ0n) is 18.2. The van der Waals surface area contributed by atoms with Crippen LogP contribution in [0.15, 0.2) is 60.8 Å². The minimum atomic E-state index is -0.176. The van der Waals surface area contributed by atoms with E-state index in [0.717, 1.165) is 24.1 Å². The maximum Gasteiger partial charge on any atom is 0.148 e. The number of unbranched alkanes of at least 4 members (excludes halogenated alkanes) is 2. The fourth-order valence-corrected chi connectivity index (χ4v) is 3.72. The molecule has 0 saturated carbocycles. The molecule has 155 valence electrons.